The topological polar surface area (TPSA) is 8.17 Å². The summed E-state index contributed by atoms with van der Waals surface area (Å²) in [5.41, 5.74) is 19.4. The number of aromatic nitrogens is 1. The van der Waals surface area contributed by atoms with Gasteiger partial charge >= 0.3 is 0 Å². The fourth-order valence-electron chi connectivity index (χ4n) is 9.38. The molecule has 0 aliphatic heterocycles. The molecule has 1 aliphatic carbocycles. The van der Waals surface area contributed by atoms with Crippen molar-refractivity contribution >= 4 is 38.9 Å². The summed E-state index contributed by atoms with van der Waals surface area (Å²) in [5, 5.41) is 2.56. The van der Waals surface area contributed by atoms with Gasteiger partial charge < -0.3 is 9.47 Å². The molecule has 0 bridgehead atoms. The first-order chi connectivity index (χ1) is 29.0. The summed E-state index contributed by atoms with van der Waals surface area (Å²) >= 11 is 0. The molecular weight excluding hydrogens is 713 g/mol. The molecule has 11 rings (SSSR count). The zero-order chi connectivity index (χ0) is 39.5. The molecule has 0 saturated heterocycles. The van der Waals surface area contributed by atoms with Gasteiger partial charge in [0.15, 0.2) is 0 Å². The Morgan fingerprint density at radius 1 is 0.339 bits per heavy atom. The quantitative estimate of drug-likeness (QED) is 0.157. The summed E-state index contributed by atoms with van der Waals surface area (Å²) in [6.07, 6.45) is 0. The monoisotopic (exact) mass is 754 g/mol. The predicted molar refractivity (Wildman–Crippen MR) is 249 cm³/mol. The molecule has 9 aromatic carbocycles. The highest BCUT2D eigenvalue weighted by atomic mass is 15.1. The van der Waals surface area contributed by atoms with Gasteiger partial charge in [0, 0.05) is 38.9 Å². The lowest BCUT2D eigenvalue weighted by Gasteiger charge is -2.28. The van der Waals surface area contributed by atoms with Crippen LogP contribution in [0.5, 0.6) is 0 Å². The van der Waals surface area contributed by atoms with Crippen molar-refractivity contribution in [3.8, 4) is 50.2 Å². The van der Waals surface area contributed by atoms with Gasteiger partial charge in [-0.2, -0.15) is 0 Å². The van der Waals surface area contributed by atoms with Gasteiger partial charge in [-0.3, -0.25) is 0 Å². The first kappa shape index (κ1) is 34.8. The highest BCUT2D eigenvalue weighted by Gasteiger charge is 2.36. The fraction of sp³-hybridized carbons (Fsp3) is 0.0526. The number of benzene rings is 9. The van der Waals surface area contributed by atoms with Crippen LogP contribution in [0.1, 0.15) is 25.0 Å². The van der Waals surface area contributed by atoms with Crippen LogP contribution in [0.4, 0.5) is 17.1 Å². The summed E-state index contributed by atoms with van der Waals surface area (Å²) in [5.74, 6) is 0. The van der Waals surface area contributed by atoms with E-state index in [0.717, 1.165) is 17.1 Å². The Bertz CT molecular complexity index is 3100. The van der Waals surface area contributed by atoms with Crippen molar-refractivity contribution in [2.45, 2.75) is 19.3 Å². The largest absolute Gasteiger partial charge is 0.310 e. The first-order valence-electron chi connectivity index (χ1n) is 20.5. The third-order valence-corrected chi connectivity index (χ3v) is 12.4. The molecule has 2 nitrogen and oxygen atoms in total. The molecule has 0 spiro atoms. The lowest BCUT2D eigenvalue weighted by molar-refractivity contribution is 0.660. The summed E-state index contributed by atoms with van der Waals surface area (Å²) in [4.78, 5) is 2.39. The molecule has 2 heteroatoms. The van der Waals surface area contributed by atoms with Crippen LogP contribution in [0.2, 0.25) is 0 Å². The summed E-state index contributed by atoms with van der Waals surface area (Å²) < 4.78 is 2.43. The van der Waals surface area contributed by atoms with E-state index in [4.69, 9.17) is 0 Å². The smallest absolute Gasteiger partial charge is 0.0541 e. The minimum Gasteiger partial charge on any atom is -0.310 e. The molecule has 0 atom stereocenters. The van der Waals surface area contributed by atoms with Crippen molar-refractivity contribution < 1.29 is 0 Å². The Labute approximate surface area is 345 Å². The van der Waals surface area contributed by atoms with Crippen LogP contribution in [-0.2, 0) is 5.41 Å². The molecule has 0 fully saturated rings. The highest BCUT2D eigenvalue weighted by Crippen LogP contribution is 2.51. The Morgan fingerprint density at radius 3 is 1.41 bits per heavy atom. The molecule has 1 aliphatic rings. The molecule has 280 valence electrons. The van der Waals surface area contributed by atoms with Crippen LogP contribution in [0.25, 0.3) is 72.0 Å². The van der Waals surface area contributed by atoms with Crippen molar-refractivity contribution in [2.75, 3.05) is 4.90 Å². The predicted octanol–water partition coefficient (Wildman–Crippen LogP) is 15.6. The van der Waals surface area contributed by atoms with Gasteiger partial charge in [-0.25, -0.2) is 0 Å². The van der Waals surface area contributed by atoms with E-state index < -0.39 is 0 Å². The molecule has 0 amide bonds. The average molecular weight is 755 g/mol. The maximum absolute atomic E-state index is 2.43. The minimum atomic E-state index is -0.200. The lowest BCUT2D eigenvalue weighted by Crippen LogP contribution is -2.17. The summed E-state index contributed by atoms with van der Waals surface area (Å²) in [6.45, 7) is 4.76. The van der Waals surface area contributed by atoms with E-state index in [1.807, 2.05) is 0 Å². The van der Waals surface area contributed by atoms with Crippen molar-refractivity contribution in [2.24, 2.45) is 0 Å². The normalized spacial score (nSPS) is 12.7. The Kier molecular flexibility index (Phi) is 8.20. The first-order valence-corrected chi connectivity index (χ1v) is 20.5. The van der Waals surface area contributed by atoms with E-state index in [2.05, 4.69) is 242 Å². The molecule has 1 heterocycles. The second-order valence-corrected chi connectivity index (χ2v) is 16.2. The number of hydrogen-bond donors (Lipinski definition) is 0. The maximum atomic E-state index is 2.43. The number of hydrogen-bond acceptors (Lipinski definition) is 1. The van der Waals surface area contributed by atoms with Crippen molar-refractivity contribution in [3.05, 3.63) is 230 Å². The SMILES string of the molecule is CC1(C)c2cc(N(c3ccccc3)c3ccc(-c4cccc(-c5ccc(-c6ccccc6)cc5)c4)cc3)ccc2-c2ccc(-n3c4ccccc4c4ccccc43)cc21. The zero-order valence-corrected chi connectivity index (χ0v) is 33.2. The van der Waals surface area contributed by atoms with Gasteiger partial charge in [-0.05, 0) is 122 Å². The van der Waals surface area contributed by atoms with Gasteiger partial charge in [0.1, 0.15) is 0 Å². The van der Waals surface area contributed by atoms with E-state index in [1.54, 1.807) is 0 Å². The second-order valence-electron chi connectivity index (χ2n) is 16.2. The van der Waals surface area contributed by atoms with E-state index >= 15 is 0 Å². The average Bonchev–Trinajstić information content (AvgIpc) is 3.75. The standard InChI is InChI=1S/C57H42N2/c1-57(2)53-37-47(32-34-49(53)50-35-33-48(38-54(50)57)59-55-22-11-9-20-51(55)52-21-10-12-23-56(52)59)58(45-18-7-4-8-19-45)46-30-28-42(29-31-46)44-17-13-16-43(36-44)41-26-24-40(25-27-41)39-14-5-3-6-15-39/h3-38H,1-2H3. The van der Waals surface area contributed by atoms with Crippen molar-refractivity contribution in [3.63, 3.8) is 0 Å². The van der Waals surface area contributed by atoms with E-state index in [-0.39, 0.29) is 5.41 Å². The number of anilines is 3. The minimum absolute atomic E-state index is 0.200. The van der Waals surface area contributed by atoms with E-state index in [1.165, 1.54) is 83.1 Å². The number of fused-ring (bicyclic) bond motifs is 6. The second kappa shape index (κ2) is 13.9. The molecule has 10 aromatic rings. The Morgan fingerprint density at radius 2 is 0.780 bits per heavy atom. The van der Waals surface area contributed by atoms with Gasteiger partial charge in [0.05, 0.1) is 11.0 Å². The Balaban J connectivity index is 0.931. The zero-order valence-electron chi connectivity index (χ0n) is 33.2. The molecule has 0 radical (unpaired) electrons. The van der Waals surface area contributed by atoms with Crippen molar-refractivity contribution in [1.29, 1.82) is 0 Å². The fourth-order valence-corrected chi connectivity index (χ4v) is 9.38. The van der Waals surface area contributed by atoms with Crippen LogP contribution in [-0.4, -0.2) is 4.57 Å². The van der Waals surface area contributed by atoms with E-state index in [0.29, 0.717) is 0 Å². The van der Waals surface area contributed by atoms with Crippen molar-refractivity contribution in [1.82, 2.24) is 4.57 Å². The van der Waals surface area contributed by atoms with Gasteiger partial charge in [-0.1, -0.05) is 166 Å². The number of nitrogens with zero attached hydrogens (tertiary/aromatic N) is 2. The summed E-state index contributed by atoms with van der Waals surface area (Å²) in [6, 6.07) is 79.7. The van der Waals surface area contributed by atoms with E-state index in [9.17, 15) is 0 Å². The molecule has 0 unspecified atom stereocenters. The molecule has 1 aromatic heterocycles. The van der Waals surface area contributed by atoms with Crippen LogP contribution >= 0.6 is 0 Å². The number of rotatable bonds is 7. The molecule has 0 saturated carbocycles. The third kappa shape index (κ3) is 5.87. The molecule has 0 N–H and O–H groups in total. The van der Waals surface area contributed by atoms with Gasteiger partial charge in [-0.15, -0.1) is 0 Å². The van der Waals surface area contributed by atoms with Crippen LogP contribution in [0.3, 0.4) is 0 Å². The molecule has 59 heavy (non-hydrogen) atoms. The van der Waals surface area contributed by atoms with Crippen LogP contribution in [0, 0.1) is 0 Å². The van der Waals surface area contributed by atoms with Crippen LogP contribution in [0.15, 0.2) is 218 Å². The van der Waals surface area contributed by atoms with Gasteiger partial charge in [0.2, 0.25) is 0 Å². The number of para-hydroxylation sites is 3. The molecular formula is C57H42N2. The third-order valence-electron chi connectivity index (χ3n) is 12.4. The van der Waals surface area contributed by atoms with Crippen LogP contribution < -0.4 is 4.90 Å². The van der Waals surface area contributed by atoms with Gasteiger partial charge in [0.25, 0.3) is 0 Å². The maximum Gasteiger partial charge on any atom is 0.0541 e. The lowest BCUT2D eigenvalue weighted by atomic mass is 9.82. The summed E-state index contributed by atoms with van der Waals surface area (Å²) in [7, 11) is 0. The Hall–Kier alpha value is -7.42. The highest BCUT2D eigenvalue weighted by molar-refractivity contribution is 6.09.